The smallest absolute Gasteiger partial charge is 0.277 e. The summed E-state index contributed by atoms with van der Waals surface area (Å²) in [5.41, 5.74) is 3.70. The van der Waals surface area contributed by atoms with Crippen LogP contribution in [-0.4, -0.2) is 15.2 Å². The predicted octanol–water partition coefficient (Wildman–Crippen LogP) is 4.30. The number of aromatic nitrogens is 3. The number of aryl methyl sites for hydroxylation is 1. The van der Waals surface area contributed by atoms with Crippen molar-refractivity contribution < 1.29 is 4.42 Å². The summed E-state index contributed by atoms with van der Waals surface area (Å²) in [4.78, 5) is 4.08. The van der Waals surface area contributed by atoms with Crippen LogP contribution < -0.4 is 0 Å². The third-order valence-corrected chi connectivity index (χ3v) is 5.01. The molecule has 4 rings (SSSR count). The lowest BCUT2D eigenvalue weighted by atomic mass is 9.91. The zero-order valence-electron chi connectivity index (χ0n) is 12.0. The number of fused-ring (bicyclic) bond motifs is 1. The number of nitrogens with zero attached hydrogens (tertiary/aromatic N) is 3. The van der Waals surface area contributed by atoms with Crippen LogP contribution in [0.3, 0.4) is 0 Å². The van der Waals surface area contributed by atoms with Crippen LogP contribution in [-0.2, 0) is 6.42 Å². The van der Waals surface area contributed by atoms with E-state index in [1.165, 1.54) is 17.5 Å². The zero-order valence-corrected chi connectivity index (χ0v) is 12.8. The Balaban J connectivity index is 1.57. The topological polar surface area (TPSA) is 51.8 Å². The maximum Gasteiger partial charge on any atom is 0.277 e. The van der Waals surface area contributed by atoms with E-state index in [0.29, 0.717) is 16.4 Å². The molecule has 1 aliphatic rings. The van der Waals surface area contributed by atoms with E-state index in [1.54, 1.807) is 24.2 Å². The van der Waals surface area contributed by atoms with Gasteiger partial charge < -0.3 is 4.42 Å². The normalized spacial score (nSPS) is 17.2. The average Bonchev–Trinajstić information content (AvgIpc) is 3.05. The SMILES string of the molecule is c1cncc(-c2nnc(S[C@H]3CCCc4ccccc43)o2)c1. The molecule has 1 aromatic carbocycles. The van der Waals surface area contributed by atoms with Crippen LogP contribution in [0.4, 0.5) is 0 Å². The molecule has 2 aromatic heterocycles. The van der Waals surface area contributed by atoms with Crippen molar-refractivity contribution in [1.29, 1.82) is 0 Å². The molecule has 110 valence electrons. The van der Waals surface area contributed by atoms with Crippen molar-refractivity contribution in [2.75, 3.05) is 0 Å². The molecule has 1 aliphatic carbocycles. The maximum atomic E-state index is 5.79. The minimum atomic E-state index is 0.396. The summed E-state index contributed by atoms with van der Waals surface area (Å²) in [6, 6.07) is 12.4. The molecule has 0 unspecified atom stereocenters. The minimum absolute atomic E-state index is 0.396. The van der Waals surface area contributed by atoms with Crippen molar-refractivity contribution in [3.05, 3.63) is 59.9 Å². The summed E-state index contributed by atoms with van der Waals surface area (Å²) in [5, 5.41) is 9.33. The van der Waals surface area contributed by atoms with E-state index < -0.39 is 0 Å². The highest BCUT2D eigenvalue weighted by Gasteiger charge is 2.23. The molecule has 2 heterocycles. The van der Waals surface area contributed by atoms with Crippen molar-refractivity contribution in [3.8, 4) is 11.5 Å². The highest BCUT2D eigenvalue weighted by molar-refractivity contribution is 7.99. The van der Waals surface area contributed by atoms with Gasteiger partial charge in [-0.05, 0) is 42.5 Å². The number of pyridine rings is 1. The Bertz CT molecular complexity index is 772. The van der Waals surface area contributed by atoms with Crippen LogP contribution in [0, 0.1) is 0 Å². The molecule has 22 heavy (non-hydrogen) atoms. The van der Waals surface area contributed by atoms with Gasteiger partial charge in [-0.15, -0.1) is 10.2 Å². The average molecular weight is 309 g/mol. The highest BCUT2D eigenvalue weighted by atomic mass is 32.2. The Morgan fingerprint density at radius 3 is 2.95 bits per heavy atom. The summed E-state index contributed by atoms with van der Waals surface area (Å²) in [7, 11) is 0. The molecule has 0 saturated heterocycles. The standard InChI is InChI=1S/C17H15N3OS/c1-2-8-14-12(5-1)6-3-9-15(14)22-17-20-19-16(21-17)13-7-4-10-18-11-13/h1-2,4-5,7-8,10-11,15H,3,6,9H2/t15-/m0/s1. The van der Waals surface area contributed by atoms with Gasteiger partial charge in [-0.1, -0.05) is 36.0 Å². The molecular weight excluding hydrogens is 294 g/mol. The lowest BCUT2D eigenvalue weighted by Crippen LogP contribution is -2.06. The Kier molecular flexibility index (Phi) is 3.64. The molecule has 3 aromatic rings. The van der Waals surface area contributed by atoms with Gasteiger partial charge in [0.05, 0.1) is 5.56 Å². The van der Waals surface area contributed by atoms with Crippen molar-refractivity contribution in [2.45, 2.75) is 29.7 Å². The van der Waals surface area contributed by atoms with Crippen LogP contribution >= 0.6 is 11.8 Å². The van der Waals surface area contributed by atoms with E-state index in [2.05, 4.69) is 39.4 Å². The van der Waals surface area contributed by atoms with E-state index in [0.717, 1.165) is 18.4 Å². The lowest BCUT2D eigenvalue weighted by molar-refractivity contribution is 0.463. The number of hydrogen-bond donors (Lipinski definition) is 0. The number of thioether (sulfide) groups is 1. The third-order valence-electron chi connectivity index (χ3n) is 3.87. The Morgan fingerprint density at radius 1 is 1.09 bits per heavy atom. The number of hydrogen-bond acceptors (Lipinski definition) is 5. The van der Waals surface area contributed by atoms with Gasteiger partial charge >= 0.3 is 0 Å². The second-order valence-electron chi connectivity index (χ2n) is 5.31. The van der Waals surface area contributed by atoms with Crippen molar-refractivity contribution in [1.82, 2.24) is 15.2 Å². The summed E-state index contributed by atoms with van der Waals surface area (Å²) >= 11 is 1.66. The van der Waals surface area contributed by atoms with Gasteiger partial charge in [-0.3, -0.25) is 4.98 Å². The predicted molar refractivity (Wildman–Crippen MR) is 85.5 cm³/mol. The fourth-order valence-electron chi connectivity index (χ4n) is 2.82. The van der Waals surface area contributed by atoms with E-state index in [1.807, 2.05) is 12.1 Å². The first-order valence-electron chi connectivity index (χ1n) is 7.38. The first kappa shape index (κ1) is 13.5. The molecule has 1 atom stereocenters. The van der Waals surface area contributed by atoms with Gasteiger partial charge in [0.25, 0.3) is 5.22 Å². The Labute approximate surface area is 133 Å². The minimum Gasteiger partial charge on any atom is -0.411 e. The fraction of sp³-hybridized carbons (Fsp3) is 0.235. The van der Waals surface area contributed by atoms with E-state index in [9.17, 15) is 0 Å². The molecule has 5 heteroatoms. The summed E-state index contributed by atoms with van der Waals surface area (Å²) in [5.74, 6) is 0.527. The molecule has 0 aliphatic heterocycles. The van der Waals surface area contributed by atoms with Gasteiger partial charge in [0.15, 0.2) is 0 Å². The van der Waals surface area contributed by atoms with Gasteiger partial charge in [0.1, 0.15) is 0 Å². The second kappa shape index (κ2) is 5.93. The molecule has 0 spiro atoms. The van der Waals surface area contributed by atoms with Gasteiger partial charge in [0, 0.05) is 17.6 Å². The maximum absolute atomic E-state index is 5.79. The first-order valence-corrected chi connectivity index (χ1v) is 8.26. The molecule has 0 saturated carbocycles. The second-order valence-corrected chi connectivity index (χ2v) is 6.47. The van der Waals surface area contributed by atoms with Crippen molar-refractivity contribution in [2.24, 2.45) is 0 Å². The van der Waals surface area contributed by atoms with Gasteiger partial charge in [-0.2, -0.15) is 0 Å². The van der Waals surface area contributed by atoms with Gasteiger partial charge in [0.2, 0.25) is 5.89 Å². The van der Waals surface area contributed by atoms with Crippen LogP contribution in [0.15, 0.2) is 58.4 Å². The zero-order chi connectivity index (χ0) is 14.8. The molecule has 4 nitrogen and oxygen atoms in total. The summed E-state index contributed by atoms with van der Waals surface area (Å²) in [6.07, 6.45) is 6.98. The van der Waals surface area contributed by atoms with Crippen LogP contribution in [0.5, 0.6) is 0 Å². The Morgan fingerprint density at radius 2 is 2.05 bits per heavy atom. The summed E-state index contributed by atoms with van der Waals surface area (Å²) in [6.45, 7) is 0. The fourth-order valence-corrected chi connectivity index (χ4v) is 3.92. The molecule has 0 amide bonds. The monoisotopic (exact) mass is 309 g/mol. The van der Waals surface area contributed by atoms with E-state index in [4.69, 9.17) is 4.42 Å². The van der Waals surface area contributed by atoms with Crippen molar-refractivity contribution in [3.63, 3.8) is 0 Å². The molecule has 0 fully saturated rings. The lowest BCUT2D eigenvalue weighted by Gasteiger charge is -2.23. The molecular formula is C17H15N3OS. The molecule has 0 N–H and O–H groups in total. The third kappa shape index (κ3) is 2.64. The summed E-state index contributed by atoms with van der Waals surface area (Å²) < 4.78 is 5.79. The first-order chi connectivity index (χ1) is 10.9. The Hall–Kier alpha value is -2.14. The van der Waals surface area contributed by atoms with Crippen LogP contribution in [0.25, 0.3) is 11.5 Å². The number of rotatable bonds is 3. The van der Waals surface area contributed by atoms with E-state index >= 15 is 0 Å². The van der Waals surface area contributed by atoms with E-state index in [-0.39, 0.29) is 0 Å². The largest absolute Gasteiger partial charge is 0.411 e. The molecule has 0 radical (unpaired) electrons. The number of benzene rings is 1. The highest BCUT2D eigenvalue weighted by Crippen LogP contribution is 2.43. The van der Waals surface area contributed by atoms with Crippen molar-refractivity contribution >= 4 is 11.8 Å². The van der Waals surface area contributed by atoms with Crippen LogP contribution in [0.2, 0.25) is 0 Å². The molecule has 0 bridgehead atoms. The van der Waals surface area contributed by atoms with Gasteiger partial charge in [-0.25, -0.2) is 0 Å². The quantitative estimate of drug-likeness (QED) is 0.722. The van der Waals surface area contributed by atoms with Crippen LogP contribution in [0.1, 0.15) is 29.2 Å².